The summed E-state index contributed by atoms with van der Waals surface area (Å²) in [5.41, 5.74) is 6.09. The lowest BCUT2D eigenvalue weighted by Gasteiger charge is -2.38. The van der Waals surface area contributed by atoms with Crippen LogP contribution in [0.3, 0.4) is 0 Å². The number of rotatable bonds is 6. The summed E-state index contributed by atoms with van der Waals surface area (Å²) in [6.07, 6.45) is 0. The van der Waals surface area contributed by atoms with Gasteiger partial charge in [-0.15, -0.1) is 0 Å². The second-order valence-corrected chi connectivity index (χ2v) is 6.60. The van der Waals surface area contributed by atoms with Gasteiger partial charge in [-0.2, -0.15) is 0 Å². The van der Waals surface area contributed by atoms with Crippen LogP contribution in [0.1, 0.15) is 26.3 Å². The van der Waals surface area contributed by atoms with Crippen molar-refractivity contribution in [1.29, 1.82) is 0 Å². The summed E-state index contributed by atoms with van der Waals surface area (Å²) in [4.78, 5) is 17.4. The van der Waals surface area contributed by atoms with Gasteiger partial charge >= 0.3 is 0 Å². The van der Waals surface area contributed by atoms with Crippen LogP contribution in [-0.4, -0.2) is 61.0 Å². The van der Waals surface area contributed by atoms with Crippen LogP contribution in [0.4, 0.5) is 0 Å². The Balaban J connectivity index is 1.84. The van der Waals surface area contributed by atoms with Crippen LogP contribution in [0.25, 0.3) is 0 Å². The van der Waals surface area contributed by atoms with E-state index in [0.717, 1.165) is 38.3 Å². The van der Waals surface area contributed by atoms with Crippen molar-refractivity contribution in [3.63, 3.8) is 0 Å². The zero-order valence-electron chi connectivity index (χ0n) is 14.6. The van der Waals surface area contributed by atoms with E-state index in [1.807, 2.05) is 30.3 Å². The first-order valence-electron chi connectivity index (χ1n) is 8.54. The minimum atomic E-state index is -0.998. The van der Waals surface area contributed by atoms with Gasteiger partial charge in [-0.3, -0.25) is 9.69 Å². The molecule has 3 N–H and O–H groups in total. The second kappa shape index (κ2) is 7.90. The van der Waals surface area contributed by atoms with Crippen LogP contribution in [0.2, 0.25) is 0 Å². The summed E-state index contributed by atoms with van der Waals surface area (Å²) in [6, 6.07) is 9.85. The normalized spacial score (nSPS) is 20.7. The van der Waals surface area contributed by atoms with Gasteiger partial charge in [0, 0.05) is 38.8 Å². The highest BCUT2D eigenvalue weighted by atomic mass is 16.2. The average molecular weight is 318 g/mol. The first kappa shape index (κ1) is 17.9. The van der Waals surface area contributed by atoms with Crippen LogP contribution < -0.4 is 11.1 Å². The maximum absolute atomic E-state index is 12.5. The number of amides is 1. The number of hydrogen-bond acceptors (Lipinski definition) is 4. The lowest BCUT2D eigenvalue weighted by atomic mass is 9.92. The molecule has 1 aromatic carbocycles. The van der Waals surface area contributed by atoms with E-state index in [1.54, 1.807) is 6.92 Å². The first-order valence-corrected chi connectivity index (χ1v) is 8.54. The molecule has 0 aliphatic carbocycles. The van der Waals surface area contributed by atoms with Gasteiger partial charge in [0.25, 0.3) is 0 Å². The molecule has 2 atom stereocenters. The highest BCUT2D eigenvalue weighted by Crippen LogP contribution is 2.17. The van der Waals surface area contributed by atoms with Gasteiger partial charge < -0.3 is 16.0 Å². The molecule has 2 rings (SSSR count). The molecule has 1 fully saturated rings. The summed E-state index contributed by atoms with van der Waals surface area (Å²) in [5.74, 6) is -0.122. The highest BCUT2D eigenvalue weighted by Gasteiger charge is 2.30. The Hall–Kier alpha value is -1.43. The molecule has 1 aromatic rings. The average Bonchev–Trinajstić information content (AvgIpc) is 2.60. The van der Waals surface area contributed by atoms with Crippen molar-refractivity contribution in [2.24, 2.45) is 5.73 Å². The number of nitrogens with zero attached hydrogens (tertiary/aromatic N) is 2. The Morgan fingerprint density at radius 3 is 2.43 bits per heavy atom. The highest BCUT2D eigenvalue weighted by molar-refractivity contribution is 5.87. The number of nitrogens with two attached hydrogens (primary N) is 1. The summed E-state index contributed by atoms with van der Waals surface area (Å²) in [7, 11) is 0. The molecule has 1 aliphatic rings. The fourth-order valence-electron chi connectivity index (χ4n) is 2.99. The molecule has 0 radical (unpaired) electrons. The SMILES string of the molecule is CCN1CCN(C(C)CNC(=O)C(C)(N)c2ccccc2)CC1. The van der Waals surface area contributed by atoms with Gasteiger partial charge in [-0.25, -0.2) is 0 Å². The van der Waals surface area contributed by atoms with Gasteiger partial charge in [-0.1, -0.05) is 37.3 Å². The predicted molar refractivity (Wildman–Crippen MR) is 94.1 cm³/mol. The number of carbonyl (C=O) groups is 1. The molecule has 1 amide bonds. The molecule has 5 heteroatoms. The minimum Gasteiger partial charge on any atom is -0.353 e. The number of likely N-dealkylation sites (N-methyl/N-ethyl adjacent to an activating group) is 1. The molecule has 1 aliphatic heterocycles. The third kappa shape index (κ3) is 4.53. The van der Waals surface area contributed by atoms with E-state index in [9.17, 15) is 4.79 Å². The number of piperazine rings is 1. The van der Waals surface area contributed by atoms with E-state index in [-0.39, 0.29) is 5.91 Å². The van der Waals surface area contributed by atoms with Crippen LogP contribution in [0.15, 0.2) is 30.3 Å². The van der Waals surface area contributed by atoms with Gasteiger partial charge in [0.15, 0.2) is 0 Å². The summed E-state index contributed by atoms with van der Waals surface area (Å²) >= 11 is 0. The fourth-order valence-corrected chi connectivity index (χ4v) is 2.99. The number of nitrogens with one attached hydrogen (secondary N) is 1. The third-order valence-electron chi connectivity index (χ3n) is 4.88. The number of carbonyl (C=O) groups excluding carboxylic acids is 1. The van der Waals surface area contributed by atoms with Gasteiger partial charge in [0.2, 0.25) is 5.91 Å². The summed E-state index contributed by atoms with van der Waals surface area (Å²) < 4.78 is 0. The third-order valence-corrected chi connectivity index (χ3v) is 4.88. The van der Waals surface area contributed by atoms with E-state index >= 15 is 0 Å². The molecule has 2 unspecified atom stereocenters. The molecule has 128 valence electrons. The minimum absolute atomic E-state index is 0.122. The zero-order chi connectivity index (χ0) is 16.9. The van der Waals surface area contributed by atoms with E-state index < -0.39 is 5.54 Å². The first-order chi connectivity index (χ1) is 10.9. The molecule has 23 heavy (non-hydrogen) atoms. The van der Waals surface area contributed by atoms with E-state index in [2.05, 4.69) is 29.0 Å². The Labute approximate surface area is 139 Å². The maximum atomic E-state index is 12.5. The maximum Gasteiger partial charge on any atom is 0.244 e. The second-order valence-electron chi connectivity index (χ2n) is 6.60. The van der Waals surface area contributed by atoms with Crippen LogP contribution in [0.5, 0.6) is 0 Å². The Morgan fingerprint density at radius 1 is 1.26 bits per heavy atom. The Morgan fingerprint density at radius 2 is 1.87 bits per heavy atom. The monoisotopic (exact) mass is 318 g/mol. The van der Waals surface area contributed by atoms with Crippen LogP contribution >= 0.6 is 0 Å². The standard InChI is InChI=1S/C18H30N4O/c1-4-21-10-12-22(13-11-21)15(2)14-20-17(23)18(3,19)16-8-6-5-7-9-16/h5-9,15H,4,10-14,19H2,1-3H3,(H,20,23). The molecule has 1 saturated heterocycles. The van der Waals surface area contributed by atoms with Gasteiger partial charge in [-0.05, 0) is 26.0 Å². The Bertz CT molecular complexity index is 495. The molecular formula is C18H30N4O. The fraction of sp³-hybridized carbons (Fsp3) is 0.611. The molecule has 0 aromatic heterocycles. The molecule has 0 saturated carbocycles. The van der Waals surface area contributed by atoms with Crippen LogP contribution in [-0.2, 0) is 10.3 Å². The van der Waals surface area contributed by atoms with Crippen molar-refractivity contribution in [3.8, 4) is 0 Å². The summed E-state index contributed by atoms with van der Waals surface area (Å²) in [5, 5.41) is 3.02. The number of hydrogen-bond donors (Lipinski definition) is 2. The lowest BCUT2D eigenvalue weighted by Crippen LogP contribution is -2.55. The van der Waals surface area contributed by atoms with E-state index in [1.165, 1.54) is 0 Å². The van der Waals surface area contributed by atoms with Crippen LogP contribution in [0, 0.1) is 0 Å². The summed E-state index contributed by atoms with van der Waals surface area (Å²) in [6.45, 7) is 12.2. The zero-order valence-corrected chi connectivity index (χ0v) is 14.6. The van der Waals surface area contributed by atoms with Gasteiger partial charge in [0.05, 0.1) is 0 Å². The predicted octanol–water partition coefficient (Wildman–Crippen LogP) is 1.00. The molecule has 0 bridgehead atoms. The Kier molecular flexibility index (Phi) is 6.16. The van der Waals surface area contributed by atoms with Crippen molar-refractivity contribution < 1.29 is 4.79 Å². The van der Waals surface area contributed by atoms with Crippen molar-refractivity contribution in [2.75, 3.05) is 39.3 Å². The van der Waals surface area contributed by atoms with E-state index in [4.69, 9.17) is 5.73 Å². The smallest absolute Gasteiger partial charge is 0.244 e. The van der Waals surface area contributed by atoms with Crippen molar-refractivity contribution in [3.05, 3.63) is 35.9 Å². The topological polar surface area (TPSA) is 61.6 Å². The molecule has 5 nitrogen and oxygen atoms in total. The van der Waals surface area contributed by atoms with Crippen molar-refractivity contribution in [2.45, 2.75) is 32.4 Å². The molecular weight excluding hydrogens is 288 g/mol. The molecule has 0 spiro atoms. The number of benzene rings is 1. The quantitative estimate of drug-likeness (QED) is 0.821. The van der Waals surface area contributed by atoms with Crippen molar-refractivity contribution in [1.82, 2.24) is 15.1 Å². The molecule has 1 heterocycles. The van der Waals surface area contributed by atoms with E-state index in [0.29, 0.717) is 12.6 Å². The lowest BCUT2D eigenvalue weighted by molar-refractivity contribution is -0.126. The largest absolute Gasteiger partial charge is 0.353 e. The van der Waals surface area contributed by atoms with Gasteiger partial charge in [0.1, 0.15) is 5.54 Å². The van der Waals surface area contributed by atoms with Crippen molar-refractivity contribution >= 4 is 5.91 Å².